The zero-order valence-electron chi connectivity index (χ0n) is 15.1. The molecule has 2 aromatic carbocycles. The van der Waals surface area contributed by atoms with Gasteiger partial charge >= 0.3 is 0 Å². The summed E-state index contributed by atoms with van der Waals surface area (Å²) >= 11 is 6.11. The van der Waals surface area contributed by atoms with Crippen LogP contribution in [0.2, 0.25) is 5.02 Å². The summed E-state index contributed by atoms with van der Waals surface area (Å²) in [6.07, 6.45) is 1.39. The Morgan fingerprint density at radius 2 is 1.85 bits per heavy atom. The third kappa shape index (κ3) is 2.57. The average molecular weight is 379 g/mol. The van der Waals surface area contributed by atoms with Crippen molar-refractivity contribution in [1.29, 1.82) is 0 Å². The van der Waals surface area contributed by atoms with Crippen molar-refractivity contribution < 1.29 is 4.79 Å². The number of fused-ring (bicyclic) bond motifs is 3. The second kappa shape index (κ2) is 5.67. The van der Waals surface area contributed by atoms with E-state index in [-0.39, 0.29) is 17.1 Å². The summed E-state index contributed by atoms with van der Waals surface area (Å²) in [5, 5.41) is 15.5. The number of aromatic nitrogens is 3. The summed E-state index contributed by atoms with van der Waals surface area (Å²) < 4.78 is 0. The van der Waals surface area contributed by atoms with Crippen LogP contribution >= 0.6 is 11.6 Å². The van der Waals surface area contributed by atoms with Gasteiger partial charge in [-0.1, -0.05) is 37.6 Å². The lowest BCUT2D eigenvalue weighted by Crippen LogP contribution is -2.33. The molecule has 5 nitrogen and oxygen atoms in total. The smallest absolute Gasteiger partial charge is 0.162 e. The van der Waals surface area contributed by atoms with Gasteiger partial charge in [-0.3, -0.25) is 4.79 Å². The zero-order valence-corrected chi connectivity index (χ0v) is 15.9. The summed E-state index contributed by atoms with van der Waals surface area (Å²) in [4.78, 5) is 13.2. The molecular formula is C21H19ClN4O. The van der Waals surface area contributed by atoms with Crippen molar-refractivity contribution in [2.75, 3.05) is 5.32 Å². The molecule has 0 saturated carbocycles. The van der Waals surface area contributed by atoms with E-state index in [0.717, 1.165) is 45.5 Å². The summed E-state index contributed by atoms with van der Waals surface area (Å²) in [6.45, 7) is 4.29. The first-order valence-corrected chi connectivity index (χ1v) is 9.43. The first kappa shape index (κ1) is 16.5. The van der Waals surface area contributed by atoms with E-state index in [9.17, 15) is 4.79 Å². The maximum atomic E-state index is 13.2. The molecule has 1 aromatic heterocycles. The van der Waals surface area contributed by atoms with Crippen LogP contribution in [-0.4, -0.2) is 21.2 Å². The molecule has 0 saturated heterocycles. The number of hydrogen-bond acceptors (Lipinski definition) is 4. The van der Waals surface area contributed by atoms with Gasteiger partial charge in [0, 0.05) is 39.9 Å². The number of benzene rings is 2. The van der Waals surface area contributed by atoms with Gasteiger partial charge in [0.15, 0.2) is 5.78 Å². The predicted molar refractivity (Wildman–Crippen MR) is 106 cm³/mol. The largest absolute Gasteiger partial charge is 0.358 e. The van der Waals surface area contributed by atoms with Crippen molar-refractivity contribution in [3.8, 4) is 0 Å². The molecule has 0 bridgehead atoms. The van der Waals surface area contributed by atoms with E-state index in [1.165, 1.54) is 0 Å². The zero-order chi connectivity index (χ0) is 18.8. The molecule has 3 aromatic rings. The average Bonchev–Trinajstić information content (AvgIpc) is 3.08. The van der Waals surface area contributed by atoms with Gasteiger partial charge in [0.1, 0.15) is 11.0 Å². The Morgan fingerprint density at radius 3 is 2.63 bits per heavy atom. The standard InChI is InChI=1S/C21H19ClN4O/c1-21(2)9-15-18(16(27)10-21)17(11-3-5-12(22)6-4-11)19-13(23-15)7-8-14-20(19)25-26-24-14/h3-8,17,23H,9-10H2,1-2H3,(H,24,25,26). The van der Waals surface area contributed by atoms with Gasteiger partial charge in [-0.25, -0.2) is 0 Å². The van der Waals surface area contributed by atoms with Crippen molar-refractivity contribution >= 4 is 34.1 Å². The number of ketones is 1. The van der Waals surface area contributed by atoms with Crippen LogP contribution in [0, 0.1) is 5.41 Å². The highest BCUT2D eigenvalue weighted by Crippen LogP contribution is 2.50. The van der Waals surface area contributed by atoms with E-state index in [0.29, 0.717) is 11.4 Å². The predicted octanol–water partition coefficient (Wildman–Crippen LogP) is 4.81. The lowest BCUT2D eigenvalue weighted by Gasteiger charge is -2.39. The van der Waals surface area contributed by atoms with Gasteiger partial charge in [0.05, 0.1) is 0 Å². The Balaban J connectivity index is 1.80. The second-order valence-corrected chi connectivity index (χ2v) is 8.60. The third-order valence-corrected chi connectivity index (χ3v) is 5.77. The molecular weight excluding hydrogens is 360 g/mol. The first-order chi connectivity index (χ1) is 12.9. The number of anilines is 1. The maximum absolute atomic E-state index is 13.2. The van der Waals surface area contributed by atoms with E-state index >= 15 is 0 Å². The molecule has 0 spiro atoms. The minimum Gasteiger partial charge on any atom is -0.358 e. The van der Waals surface area contributed by atoms with E-state index in [4.69, 9.17) is 11.6 Å². The lowest BCUT2D eigenvalue weighted by atomic mass is 9.68. The quantitative estimate of drug-likeness (QED) is 0.637. The highest BCUT2D eigenvalue weighted by atomic mass is 35.5. The minimum absolute atomic E-state index is 0.0526. The molecule has 0 fully saturated rings. The number of rotatable bonds is 1. The number of aromatic amines is 1. The second-order valence-electron chi connectivity index (χ2n) is 8.16. The number of carbonyl (C=O) groups excluding carboxylic acids is 1. The van der Waals surface area contributed by atoms with Crippen LogP contribution < -0.4 is 5.32 Å². The van der Waals surface area contributed by atoms with Gasteiger partial charge in [-0.2, -0.15) is 15.4 Å². The number of nitrogens with one attached hydrogen (secondary N) is 2. The normalized spacial score (nSPS) is 21.0. The number of Topliss-reactive ketones (excluding diaryl/α,β-unsaturated/α-hetero) is 1. The minimum atomic E-state index is -0.175. The number of halogens is 1. The van der Waals surface area contributed by atoms with Gasteiger partial charge in [-0.05, 0) is 41.7 Å². The summed E-state index contributed by atoms with van der Waals surface area (Å²) in [7, 11) is 0. The first-order valence-electron chi connectivity index (χ1n) is 9.05. The molecule has 1 aliphatic carbocycles. The molecule has 27 heavy (non-hydrogen) atoms. The Morgan fingerprint density at radius 1 is 1.07 bits per heavy atom. The van der Waals surface area contributed by atoms with E-state index in [1.807, 2.05) is 36.4 Å². The Bertz CT molecular complexity index is 1110. The molecule has 2 N–H and O–H groups in total. The molecule has 2 aliphatic rings. The third-order valence-electron chi connectivity index (χ3n) is 5.51. The number of H-pyrrole nitrogens is 1. The van der Waals surface area contributed by atoms with Crippen molar-refractivity contribution in [2.45, 2.75) is 32.6 Å². The fourth-order valence-corrected chi connectivity index (χ4v) is 4.54. The Labute approximate surface area is 161 Å². The van der Waals surface area contributed by atoms with Crippen LogP contribution in [0.25, 0.3) is 11.0 Å². The number of hydrogen-bond donors (Lipinski definition) is 2. The molecule has 0 amide bonds. The molecule has 136 valence electrons. The highest BCUT2D eigenvalue weighted by molar-refractivity contribution is 6.30. The number of allylic oxidation sites excluding steroid dienone is 2. The Kier molecular flexibility index (Phi) is 3.46. The van der Waals surface area contributed by atoms with Gasteiger partial charge < -0.3 is 5.32 Å². The summed E-state index contributed by atoms with van der Waals surface area (Å²) in [5.74, 6) is 0.0192. The van der Waals surface area contributed by atoms with Crippen molar-refractivity contribution in [1.82, 2.24) is 15.4 Å². The summed E-state index contributed by atoms with van der Waals surface area (Å²) in [5.41, 5.74) is 6.43. The maximum Gasteiger partial charge on any atom is 0.162 e. The van der Waals surface area contributed by atoms with E-state index < -0.39 is 0 Å². The SMILES string of the molecule is CC1(C)CC(=O)C2=C(C1)Nc1ccc3n[nH]nc3c1C2c1ccc(Cl)cc1. The molecule has 6 heteroatoms. The van der Waals surface area contributed by atoms with Crippen molar-refractivity contribution in [3.05, 3.63) is 63.8 Å². The van der Waals surface area contributed by atoms with Crippen LogP contribution in [0.1, 0.15) is 43.7 Å². The monoisotopic (exact) mass is 378 g/mol. The molecule has 1 unspecified atom stereocenters. The van der Waals surface area contributed by atoms with Gasteiger partial charge in [0.2, 0.25) is 0 Å². The van der Waals surface area contributed by atoms with Crippen molar-refractivity contribution in [2.24, 2.45) is 5.41 Å². The molecule has 2 heterocycles. The van der Waals surface area contributed by atoms with Crippen LogP contribution in [0.4, 0.5) is 5.69 Å². The van der Waals surface area contributed by atoms with Gasteiger partial charge in [-0.15, -0.1) is 0 Å². The number of nitrogens with zero attached hydrogens (tertiary/aromatic N) is 2. The molecule has 5 rings (SSSR count). The Hall–Kier alpha value is -2.66. The van der Waals surface area contributed by atoms with E-state index in [1.54, 1.807) is 0 Å². The van der Waals surface area contributed by atoms with E-state index in [2.05, 4.69) is 34.6 Å². The fraction of sp³-hybridized carbons (Fsp3) is 0.286. The topological polar surface area (TPSA) is 70.7 Å². The highest BCUT2D eigenvalue weighted by Gasteiger charge is 2.41. The number of carbonyl (C=O) groups is 1. The molecule has 1 aliphatic heterocycles. The lowest BCUT2D eigenvalue weighted by molar-refractivity contribution is -0.118. The van der Waals surface area contributed by atoms with Gasteiger partial charge in [0.25, 0.3) is 0 Å². The fourth-order valence-electron chi connectivity index (χ4n) is 4.41. The van der Waals surface area contributed by atoms with Crippen LogP contribution in [0.5, 0.6) is 0 Å². The summed E-state index contributed by atoms with van der Waals surface area (Å²) in [6, 6.07) is 11.7. The molecule has 1 atom stereocenters. The van der Waals surface area contributed by atoms with Crippen LogP contribution in [0.3, 0.4) is 0 Å². The van der Waals surface area contributed by atoms with Crippen LogP contribution in [-0.2, 0) is 4.79 Å². The molecule has 0 radical (unpaired) electrons. The van der Waals surface area contributed by atoms with Crippen molar-refractivity contribution in [3.63, 3.8) is 0 Å². The van der Waals surface area contributed by atoms with Crippen LogP contribution in [0.15, 0.2) is 47.7 Å².